The summed E-state index contributed by atoms with van der Waals surface area (Å²) >= 11 is 0. The van der Waals surface area contributed by atoms with Crippen molar-refractivity contribution in [3.8, 4) is 17.2 Å². The van der Waals surface area contributed by atoms with Gasteiger partial charge in [0.25, 0.3) is 5.56 Å². The Morgan fingerprint density at radius 3 is 2.38 bits per heavy atom. The topological polar surface area (TPSA) is 137 Å². The van der Waals surface area contributed by atoms with E-state index in [-0.39, 0.29) is 23.0 Å². The highest BCUT2D eigenvalue weighted by Gasteiger charge is 2.18. The fourth-order valence-corrected chi connectivity index (χ4v) is 3.90. The number of halogens is 3. The minimum Gasteiger partial charge on any atom is -0.497 e. The number of methoxy groups -OCH3 is 1. The van der Waals surface area contributed by atoms with Crippen LogP contribution in [0.1, 0.15) is 11.1 Å². The Balaban J connectivity index is 1.60. The molecule has 2 aromatic carbocycles. The van der Waals surface area contributed by atoms with Gasteiger partial charge in [-0.15, -0.1) is 0 Å². The lowest BCUT2D eigenvalue weighted by Gasteiger charge is -2.16. The Bertz CT molecular complexity index is 1840. The molecule has 5 rings (SSSR count). The Morgan fingerprint density at radius 1 is 1.00 bits per heavy atom. The van der Waals surface area contributed by atoms with Crippen LogP contribution in [0.5, 0.6) is 5.75 Å². The number of rotatable bonds is 8. The van der Waals surface area contributed by atoms with Crippen LogP contribution in [0.2, 0.25) is 0 Å². The molecule has 40 heavy (non-hydrogen) atoms. The summed E-state index contributed by atoms with van der Waals surface area (Å²) in [5.41, 5.74) is -1.86. The van der Waals surface area contributed by atoms with Gasteiger partial charge in [0.15, 0.2) is 17.5 Å². The molecule has 0 aliphatic rings. The second kappa shape index (κ2) is 10.8. The summed E-state index contributed by atoms with van der Waals surface area (Å²) in [6.07, 6.45) is 4.10. The SMILES string of the molecule is COc1ccc(Nc2nc(=O)n(Cc3cc(-c4ncco4)c[nH]c3=O)c(=O)n2Cc2cc(F)c(F)c(F)c2)cc1. The number of aromatic amines is 1. The van der Waals surface area contributed by atoms with Crippen LogP contribution in [0.3, 0.4) is 0 Å². The van der Waals surface area contributed by atoms with Crippen molar-refractivity contribution in [1.82, 2.24) is 24.1 Å². The van der Waals surface area contributed by atoms with Crippen LogP contribution in [-0.2, 0) is 13.1 Å². The molecule has 0 atom stereocenters. The molecule has 0 saturated heterocycles. The van der Waals surface area contributed by atoms with Crippen molar-refractivity contribution in [2.75, 3.05) is 12.4 Å². The van der Waals surface area contributed by atoms with E-state index < -0.39 is 47.5 Å². The monoisotopic (exact) mass is 552 g/mol. The highest BCUT2D eigenvalue weighted by Crippen LogP contribution is 2.20. The quantitative estimate of drug-likeness (QED) is 0.281. The second-order valence-corrected chi connectivity index (χ2v) is 8.48. The third kappa shape index (κ3) is 5.27. The van der Waals surface area contributed by atoms with Gasteiger partial charge in [0.05, 0.1) is 32.0 Å². The highest BCUT2D eigenvalue weighted by atomic mass is 19.2. The van der Waals surface area contributed by atoms with Gasteiger partial charge in [0, 0.05) is 17.4 Å². The van der Waals surface area contributed by atoms with Gasteiger partial charge >= 0.3 is 11.4 Å². The van der Waals surface area contributed by atoms with Crippen molar-refractivity contribution >= 4 is 11.6 Å². The summed E-state index contributed by atoms with van der Waals surface area (Å²) in [6.45, 7) is -0.991. The normalized spacial score (nSPS) is 11.0. The van der Waals surface area contributed by atoms with E-state index in [0.717, 1.165) is 16.7 Å². The first-order valence-corrected chi connectivity index (χ1v) is 11.6. The molecule has 3 aromatic heterocycles. The highest BCUT2D eigenvalue weighted by molar-refractivity contribution is 5.55. The van der Waals surface area contributed by atoms with Crippen molar-refractivity contribution in [2.45, 2.75) is 13.1 Å². The zero-order chi connectivity index (χ0) is 28.4. The van der Waals surface area contributed by atoms with Crippen LogP contribution in [-0.4, -0.2) is 31.2 Å². The molecule has 11 nitrogen and oxygen atoms in total. The molecule has 0 fully saturated rings. The third-order valence-corrected chi connectivity index (χ3v) is 5.87. The van der Waals surface area contributed by atoms with Gasteiger partial charge in [0.1, 0.15) is 12.0 Å². The molecule has 5 aromatic rings. The van der Waals surface area contributed by atoms with E-state index in [9.17, 15) is 27.6 Å². The van der Waals surface area contributed by atoms with E-state index in [0.29, 0.717) is 21.6 Å². The molecule has 0 spiro atoms. The summed E-state index contributed by atoms with van der Waals surface area (Å²) in [4.78, 5) is 49.6. The van der Waals surface area contributed by atoms with Gasteiger partial charge in [-0.05, 0) is 48.0 Å². The molecule has 2 N–H and O–H groups in total. The average molecular weight is 552 g/mol. The molecule has 0 amide bonds. The van der Waals surface area contributed by atoms with Gasteiger partial charge < -0.3 is 19.5 Å². The number of H-pyrrole nitrogens is 1. The largest absolute Gasteiger partial charge is 0.497 e. The van der Waals surface area contributed by atoms with E-state index in [1.165, 1.54) is 31.8 Å². The number of anilines is 2. The van der Waals surface area contributed by atoms with Crippen molar-refractivity contribution in [1.29, 1.82) is 0 Å². The van der Waals surface area contributed by atoms with E-state index in [2.05, 4.69) is 20.3 Å². The van der Waals surface area contributed by atoms with Crippen molar-refractivity contribution in [2.24, 2.45) is 0 Å². The van der Waals surface area contributed by atoms with Gasteiger partial charge in [0.2, 0.25) is 11.8 Å². The van der Waals surface area contributed by atoms with Crippen LogP contribution in [0, 0.1) is 17.5 Å². The summed E-state index contributed by atoms with van der Waals surface area (Å²) in [7, 11) is 1.48. The number of oxazole rings is 1. The minimum atomic E-state index is -1.67. The summed E-state index contributed by atoms with van der Waals surface area (Å²) in [5, 5.41) is 2.83. The third-order valence-electron chi connectivity index (χ3n) is 5.87. The van der Waals surface area contributed by atoms with Gasteiger partial charge in [-0.2, -0.15) is 4.98 Å². The average Bonchev–Trinajstić information content (AvgIpc) is 3.48. The summed E-state index contributed by atoms with van der Waals surface area (Å²) in [5.74, 6) is -4.10. The molecular weight excluding hydrogens is 533 g/mol. The fourth-order valence-electron chi connectivity index (χ4n) is 3.90. The molecule has 3 heterocycles. The van der Waals surface area contributed by atoms with E-state index in [1.807, 2.05) is 0 Å². The Kier molecular flexibility index (Phi) is 7.05. The molecule has 0 radical (unpaired) electrons. The van der Waals surface area contributed by atoms with Crippen LogP contribution < -0.4 is 27.0 Å². The lowest BCUT2D eigenvalue weighted by atomic mass is 10.2. The van der Waals surface area contributed by atoms with Crippen LogP contribution >= 0.6 is 0 Å². The molecule has 0 bridgehead atoms. The standard InChI is InChI=1S/C26H19F3N6O5/c1-39-18-4-2-17(3-5-18)32-24-33-25(37)35(13-16-10-15(11-31-22(16)36)23-30-6-7-40-23)26(38)34(24)12-14-8-19(27)21(29)20(28)9-14/h2-11H,12-13H2,1H3,(H,31,36)(H,32,33,37). The molecule has 0 aliphatic carbocycles. The summed E-state index contributed by atoms with van der Waals surface area (Å²) in [6, 6.07) is 9.25. The predicted octanol–water partition coefficient (Wildman–Crippen LogP) is 3.01. The molecule has 0 unspecified atom stereocenters. The molecular formula is C26H19F3N6O5. The van der Waals surface area contributed by atoms with Crippen molar-refractivity contribution in [3.05, 3.63) is 121 Å². The first kappa shape index (κ1) is 26.2. The first-order valence-electron chi connectivity index (χ1n) is 11.6. The lowest BCUT2D eigenvalue weighted by molar-refractivity contribution is 0.415. The maximum Gasteiger partial charge on any atom is 0.355 e. The van der Waals surface area contributed by atoms with Crippen molar-refractivity contribution < 1.29 is 22.3 Å². The zero-order valence-corrected chi connectivity index (χ0v) is 20.7. The molecule has 204 valence electrons. The Morgan fingerprint density at radius 2 is 1.73 bits per heavy atom. The first-order chi connectivity index (χ1) is 19.2. The zero-order valence-electron chi connectivity index (χ0n) is 20.7. The number of nitrogens with one attached hydrogen (secondary N) is 2. The van der Waals surface area contributed by atoms with Gasteiger partial charge in [-0.25, -0.2) is 32.3 Å². The number of benzene rings is 2. The minimum absolute atomic E-state index is 0.0120. The molecule has 14 heteroatoms. The Hall–Kier alpha value is -5.40. The number of pyridine rings is 1. The number of hydrogen-bond acceptors (Lipinski definition) is 8. The molecule has 0 saturated carbocycles. The summed E-state index contributed by atoms with van der Waals surface area (Å²) < 4.78 is 53.4. The number of nitrogens with zero attached hydrogens (tertiary/aromatic N) is 4. The van der Waals surface area contributed by atoms with Crippen LogP contribution in [0.15, 0.2) is 79.9 Å². The van der Waals surface area contributed by atoms with Crippen molar-refractivity contribution in [3.63, 3.8) is 0 Å². The van der Waals surface area contributed by atoms with Gasteiger partial charge in [-0.3, -0.25) is 9.36 Å². The van der Waals surface area contributed by atoms with Crippen LogP contribution in [0.25, 0.3) is 11.5 Å². The second-order valence-electron chi connectivity index (χ2n) is 8.48. The smallest absolute Gasteiger partial charge is 0.355 e. The Labute approximate surface area is 222 Å². The number of aromatic nitrogens is 5. The lowest BCUT2D eigenvalue weighted by Crippen LogP contribution is -2.43. The molecule has 0 aliphatic heterocycles. The fraction of sp³-hybridized carbons (Fsp3) is 0.115. The van der Waals surface area contributed by atoms with E-state index in [1.54, 1.807) is 24.3 Å². The van der Waals surface area contributed by atoms with Crippen LogP contribution in [0.4, 0.5) is 24.8 Å². The number of ether oxygens (including phenoxy) is 1. The maximum atomic E-state index is 13.9. The van der Waals surface area contributed by atoms with Gasteiger partial charge in [-0.1, -0.05) is 0 Å². The van der Waals surface area contributed by atoms with E-state index >= 15 is 0 Å². The van der Waals surface area contributed by atoms with E-state index in [4.69, 9.17) is 9.15 Å². The maximum absolute atomic E-state index is 13.9. The number of hydrogen-bond donors (Lipinski definition) is 2. The predicted molar refractivity (Wildman–Crippen MR) is 136 cm³/mol.